The molecule has 30 heavy (non-hydrogen) atoms. The lowest BCUT2D eigenvalue weighted by Gasteiger charge is -2.34. The summed E-state index contributed by atoms with van der Waals surface area (Å²) in [4.78, 5) is 16.8. The Bertz CT molecular complexity index is 687. The van der Waals surface area contributed by atoms with E-state index in [4.69, 9.17) is 4.74 Å². The Morgan fingerprint density at radius 3 is 2.33 bits per heavy atom. The third-order valence-electron chi connectivity index (χ3n) is 6.71. The van der Waals surface area contributed by atoms with E-state index in [1.54, 1.807) is 7.11 Å². The quantitative estimate of drug-likeness (QED) is 0.712. The molecule has 1 aliphatic carbocycles. The van der Waals surface area contributed by atoms with Crippen LogP contribution in [-0.4, -0.2) is 70.9 Å². The van der Waals surface area contributed by atoms with Gasteiger partial charge in [0.05, 0.1) is 24.7 Å². The Kier molecular flexibility index (Phi) is 7.77. The molecule has 2 aliphatic rings. The van der Waals surface area contributed by atoms with E-state index >= 15 is 0 Å². The summed E-state index contributed by atoms with van der Waals surface area (Å²) in [6.45, 7) is 2.55. The van der Waals surface area contributed by atoms with Crippen LogP contribution in [0.3, 0.4) is 0 Å². The highest BCUT2D eigenvalue weighted by Crippen LogP contribution is 2.32. The molecule has 1 saturated heterocycles. The molecule has 6 nitrogen and oxygen atoms in total. The lowest BCUT2D eigenvalue weighted by atomic mass is 9.82. The van der Waals surface area contributed by atoms with Gasteiger partial charge in [-0.2, -0.15) is 0 Å². The largest absolute Gasteiger partial charge is 0.497 e. The number of carbonyl (C=O) groups is 1. The van der Waals surface area contributed by atoms with Crippen molar-refractivity contribution in [3.05, 3.63) is 29.8 Å². The molecule has 1 aromatic carbocycles. The van der Waals surface area contributed by atoms with Gasteiger partial charge in [0.25, 0.3) is 0 Å². The summed E-state index contributed by atoms with van der Waals surface area (Å²) < 4.78 is 5.21. The molecular weight excluding hydrogens is 380 g/mol. The Balaban J connectivity index is 1.50. The minimum atomic E-state index is -0.823. The number of nitrogens with zero attached hydrogens (tertiary/aromatic N) is 2. The Hall–Kier alpha value is -1.63. The van der Waals surface area contributed by atoms with Crippen LogP contribution >= 0.6 is 0 Å². The molecular formula is C24H38N2O4. The second kappa shape index (κ2) is 10.1. The Morgan fingerprint density at radius 2 is 1.67 bits per heavy atom. The number of rotatable bonds is 7. The second-order valence-corrected chi connectivity index (χ2v) is 9.44. The molecule has 1 heterocycles. The van der Waals surface area contributed by atoms with Gasteiger partial charge >= 0.3 is 0 Å². The van der Waals surface area contributed by atoms with E-state index < -0.39 is 11.2 Å². The zero-order valence-electron chi connectivity index (χ0n) is 18.6. The maximum Gasteiger partial charge on any atom is 0.225 e. The summed E-state index contributed by atoms with van der Waals surface area (Å²) in [5.74, 6) is 0.877. The molecule has 0 aromatic heterocycles. The van der Waals surface area contributed by atoms with Crippen LogP contribution in [0, 0.1) is 0 Å². The first-order valence-electron chi connectivity index (χ1n) is 11.3. The Morgan fingerprint density at radius 1 is 1.00 bits per heavy atom. The molecule has 0 bridgehead atoms. The molecule has 1 aromatic rings. The fraction of sp³-hybridized carbons (Fsp3) is 0.708. The lowest BCUT2D eigenvalue weighted by Crippen LogP contribution is -2.43. The van der Waals surface area contributed by atoms with Gasteiger partial charge in [0.2, 0.25) is 5.91 Å². The third-order valence-corrected chi connectivity index (χ3v) is 6.71. The van der Waals surface area contributed by atoms with Crippen LogP contribution in [0.4, 0.5) is 0 Å². The monoisotopic (exact) mass is 418 g/mol. The van der Waals surface area contributed by atoms with E-state index in [1.165, 1.54) is 5.56 Å². The molecule has 168 valence electrons. The average Bonchev–Trinajstić information content (AvgIpc) is 2.90. The van der Waals surface area contributed by atoms with Crippen molar-refractivity contribution in [1.29, 1.82) is 0 Å². The highest BCUT2D eigenvalue weighted by Gasteiger charge is 2.36. The van der Waals surface area contributed by atoms with Gasteiger partial charge in [-0.05, 0) is 56.8 Å². The van der Waals surface area contributed by atoms with Gasteiger partial charge in [-0.15, -0.1) is 0 Å². The number of likely N-dealkylation sites (N-methyl/N-ethyl adjacent to an activating group) is 1. The average molecular weight is 419 g/mol. The molecule has 1 amide bonds. The molecule has 1 aliphatic heterocycles. The molecule has 1 saturated carbocycles. The minimum Gasteiger partial charge on any atom is -0.497 e. The van der Waals surface area contributed by atoms with E-state index in [0.29, 0.717) is 32.5 Å². The van der Waals surface area contributed by atoms with Gasteiger partial charge in [-0.1, -0.05) is 31.4 Å². The van der Waals surface area contributed by atoms with E-state index in [0.717, 1.165) is 50.8 Å². The van der Waals surface area contributed by atoms with Crippen LogP contribution in [0.15, 0.2) is 24.3 Å². The van der Waals surface area contributed by atoms with Crippen LogP contribution in [0.1, 0.15) is 63.4 Å². The summed E-state index contributed by atoms with van der Waals surface area (Å²) in [5, 5.41) is 21.9. The lowest BCUT2D eigenvalue weighted by molar-refractivity contribution is -0.138. The number of amides is 1. The first-order chi connectivity index (χ1) is 14.3. The second-order valence-electron chi connectivity index (χ2n) is 9.44. The van der Waals surface area contributed by atoms with Crippen molar-refractivity contribution in [2.75, 3.05) is 33.8 Å². The van der Waals surface area contributed by atoms with Crippen LogP contribution in [0.2, 0.25) is 0 Å². The topological polar surface area (TPSA) is 73.2 Å². The van der Waals surface area contributed by atoms with E-state index in [2.05, 4.69) is 4.90 Å². The number of hydrogen-bond acceptors (Lipinski definition) is 5. The van der Waals surface area contributed by atoms with Gasteiger partial charge in [0.1, 0.15) is 5.75 Å². The normalized spacial score (nSPS) is 24.5. The fourth-order valence-corrected chi connectivity index (χ4v) is 4.97. The summed E-state index contributed by atoms with van der Waals surface area (Å²) in [6.07, 6.45) is 6.89. The van der Waals surface area contributed by atoms with Crippen molar-refractivity contribution >= 4 is 5.91 Å². The summed E-state index contributed by atoms with van der Waals surface area (Å²) in [5.41, 5.74) is -0.442. The van der Waals surface area contributed by atoms with Crippen molar-refractivity contribution in [3.8, 4) is 5.75 Å². The number of ether oxygens (including phenoxy) is 1. The van der Waals surface area contributed by atoms with Gasteiger partial charge in [-0.25, -0.2) is 0 Å². The zero-order chi connectivity index (χ0) is 21.6. The van der Waals surface area contributed by atoms with Gasteiger partial charge < -0.3 is 19.8 Å². The molecule has 3 rings (SSSR count). The fourth-order valence-electron chi connectivity index (χ4n) is 4.97. The van der Waals surface area contributed by atoms with Crippen molar-refractivity contribution in [1.82, 2.24) is 9.80 Å². The maximum atomic E-state index is 12.8. The molecule has 6 heteroatoms. The Labute approximate surface area is 180 Å². The molecule has 0 radical (unpaired) electrons. The van der Waals surface area contributed by atoms with Crippen molar-refractivity contribution in [2.24, 2.45) is 0 Å². The number of likely N-dealkylation sites (tertiary alicyclic amines) is 1. The molecule has 1 atom stereocenters. The number of hydrogen-bond donors (Lipinski definition) is 2. The standard InChI is InChI=1S/C24H38N2O4/c1-25(18-20-7-9-21(30-2)10-8-20)19-24(29)13-6-15-26(16-14-24)22(27)17-23(28)11-4-3-5-12-23/h7-10,28-29H,3-6,11-19H2,1-2H3. The van der Waals surface area contributed by atoms with Crippen molar-refractivity contribution in [3.63, 3.8) is 0 Å². The first kappa shape index (κ1) is 23.0. The van der Waals surface area contributed by atoms with Gasteiger partial charge in [0, 0.05) is 26.2 Å². The zero-order valence-corrected chi connectivity index (χ0v) is 18.6. The summed E-state index contributed by atoms with van der Waals surface area (Å²) in [7, 11) is 3.68. The van der Waals surface area contributed by atoms with E-state index in [1.807, 2.05) is 36.2 Å². The first-order valence-corrected chi connectivity index (χ1v) is 11.3. The number of methoxy groups -OCH3 is 1. The van der Waals surface area contributed by atoms with Crippen LogP contribution in [0.5, 0.6) is 5.75 Å². The summed E-state index contributed by atoms with van der Waals surface area (Å²) in [6, 6.07) is 7.99. The van der Waals surface area contributed by atoms with Gasteiger partial charge in [-0.3, -0.25) is 9.69 Å². The van der Waals surface area contributed by atoms with Crippen LogP contribution in [-0.2, 0) is 11.3 Å². The molecule has 2 fully saturated rings. The molecule has 0 spiro atoms. The minimum absolute atomic E-state index is 0.0373. The molecule has 2 N–H and O–H groups in total. The number of carbonyl (C=O) groups excluding carboxylic acids is 1. The van der Waals surface area contributed by atoms with Crippen LogP contribution < -0.4 is 4.74 Å². The van der Waals surface area contributed by atoms with E-state index in [-0.39, 0.29) is 12.3 Å². The smallest absolute Gasteiger partial charge is 0.225 e. The molecule has 1 unspecified atom stereocenters. The van der Waals surface area contributed by atoms with Gasteiger partial charge in [0.15, 0.2) is 0 Å². The highest BCUT2D eigenvalue weighted by atomic mass is 16.5. The predicted octanol–water partition coefficient (Wildman–Crippen LogP) is 2.96. The maximum absolute atomic E-state index is 12.8. The van der Waals surface area contributed by atoms with E-state index in [9.17, 15) is 15.0 Å². The van der Waals surface area contributed by atoms with Crippen molar-refractivity contribution in [2.45, 2.75) is 75.5 Å². The number of aliphatic hydroxyl groups is 2. The third kappa shape index (κ3) is 6.43. The summed E-state index contributed by atoms with van der Waals surface area (Å²) >= 11 is 0. The highest BCUT2D eigenvalue weighted by molar-refractivity contribution is 5.77. The van der Waals surface area contributed by atoms with Crippen LogP contribution in [0.25, 0.3) is 0 Å². The number of benzene rings is 1. The SMILES string of the molecule is COc1ccc(CN(C)CC2(O)CCCN(C(=O)CC3(O)CCCCC3)CC2)cc1. The van der Waals surface area contributed by atoms with Crippen molar-refractivity contribution < 1.29 is 19.7 Å². The predicted molar refractivity (Wildman–Crippen MR) is 117 cm³/mol.